The summed E-state index contributed by atoms with van der Waals surface area (Å²) < 4.78 is 74.3. The van der Waals surface area contributed by atoms with E-state index in [9.17, 15) is 53.4 Å². The number of carbonyl (C=O) groups excluding carboxylic acids is 7. The number of allylic oxidation sites excluding steroid dienone is 4. The lowest BCUT2D eigenvalue weighted by Crippen LogP contribution is -2.61. The van der Waals surface area contributed by atoms with E-state index in [1.165, 1.54) is 31.5 Å². The van der Waals surface area contributed by atoms with Crippen LogP contribution in [0.15, 0.2) is 57.9 Å². The molecule has 3 aliphatic heterocycles. The van der Waals surface area contributed by atoms with Crippen molar-refractivity contribution in [3.05, 3.63) is 91.5 Å². The van der Waals surface area contributed by atoms with Crippen LogP contribution < -0.4 is 35.4 Å². The van der Waals surface area contributed by atoms with Gasteiger partial charge in [0.05, 0.1) is 55.0 Å². The minimum Gasteiger partial charge on any atom is -0.492 e. The number of amides is 1. The molecular formula is C68H78F2N6O18. The third-order valence-electron chi connectivity index (χ3n) is 22.0. The van der Waals surface area contributed by atoms with Crippen molar-refractivity contribution in [2.45, 2.75) is 140 Å². The lowest BCUT2D eigenvalue weighted by Gasteiger charge is -2.59. The topological polar surface area (TPSA) is 290 Å². The quantitative estimate of drug-likeness (QED) is 0.0545. The number of benzene rings is 2. The number of ether oxygens (including phenoxy) is 7. The minimum atomic E-state index is -1.88. The molecule has 502 valence electrons. The van der Waals surface area contributed by atoms with E-state index in [0.29, 0.717) is 56.6 Å². The molecule has 5 saturated carbocycles. The van der Waals surface area contributed by atoms with E-state index in [4.69, 9.17) is 33.2 Å². The van der Waals surface area contributed by atoms with Crippen molar-refractivity contribution < 1.29 is 85.7 Å². The zero-order valence-electron chi connectivity index (χ0n) is 53.2. The number of piperazine rings is 1. The molecule has 3 saturated heterocycles. The number of pyridine rings is 2. The summed E-state index contributed by atoms with van der Waals surface area (Å²) in [6.07, 6.45) is 12.0. The van der Waals surface area contributed by atoms with Crippen molar-refractivity contribution in [3.63, 3.8) is 0 Å². The molecule has 26 heteroatoms. The largest absolute Gasteiger partial charge is 0.492 e. The van der Waals surface area contributed by atoms with Crippen LogP contribution in [0.3, 0.4) is 0 Å². The van der Waals surface area contributed by atoms with E-state index in [2.05, 4.69) is 5.32 Å². The van der Waals surface area contributed by atoms with Crippen LogP contribution in [0.2, 0.25) is 0 Å². The van der Waals surface area contributed by atoms with Crippen molar-refractivity contribution in [2.75, 3.05) is 83.5 Å². The van der Waals surface area contributed by atoms with Gasteiger partial charge in [0.15, 0.2) is 35.5 Å². The molecule has 1 amide bonds. The molecule has 24 nitrogen and oxygen atoms in total. The molecule has 0 bridgehead atoms. The third-order valence-corrected chi connectivity index (χ3v) is 22.0. The highest BCUT2D eigenvalue weighted by Crippen LogP contribution is 2.67. The SMILES string of the molecule is COc1c(N2CCN(C(=O)OCOC(=O)CCC(=O)OCC(=O)[C@@]3(O)CC[C@H]4[C@@H]5CCC6=CC(=O)C=C[C@]6(C)[C@H]5[C@@H](O)C[C@@]43C)C(C)C2)c(F)cc2c(=O)c(C(=O)OCOC(=O)c3cn(C4CC4)c4c(OC)c(N5C[C@@H]6CCCN[C@@H]6C5)c(F)cc4c3=O)cn(C3CC3)c12. The van der Waals surface area contributed by atoms with Crippen LogP contribution in [0.1, 0.15) is 137 Å². The first-order valence-electron chi connectivity index (χ1n) is 32.6. The van der Waals surface area contributed by atoms with Crippen molar-refractivity contribution in [3.8, 4) is 11.5 Å². The number of ketones is 2. The maximum atomic E-state index is 16.6. The molecule has 2 aromatic carbocycles. The standard InChI is InChI=1S/C68H78F2N6O18/c1-35-27-72(21-22-74(35)65(86)94-33-91-53(81)15-14-52(80)90-32-51(79)68(87)19-17-46-41-13-8-37-23-40(77)16-18-66(37,2)54(41)50(78)26-67(46,68)3)57-47(69)24-42-55(61(57)88-4)75(38-9-10-38)29-44(59(42)82)63(84)92-34-93-64(85)45-30-76(39-11-12-39)56-43(60(45)83)25-48(70)58(62(56)89-5)73-28-36-7-6-20-71-49(36)31-73/h16,18,23-25,29-30,35-36,38-39,41,46,49-50,54,71,78,87H,6-15,17,19-22,26-28,31-34H2,1-5H3/t35?,36-,41-,46-,49+,50-,54+,66-,67-,68-/m0/s1. The van der Waals surface area contributed by atoms with Gasteiger partial charge in [-0.05, 0) is 126 Å². The van der Waals surface area contributed by atoms with E-state index in [1.54, 1.807) is 33.1 Å². The first kappa shape index (κ1) is 64.5. The third kappa shape index (κ3) is 11.2. The van der Waals surface area contributed by atoms with Gasteiger partial charge in [0.25, 0.3) is 0 Å². The maximum absolute atomic E-state index is 16.6. The second-order valence-corrected chi connectivity index (χ2v) is 27.4. The Morgan fingerprint density at radius 2 is 1.32 bits per heavy atom. The smallest absolute Gasteiger partial charge is 0.413 e. The summed E-state index contributed by atoms with van der Waals surface area (Å²) in [7, 11) is 2.73. The van der Waals surface area contributed by atoms with Gasteiger partial charge in [0, 0.05) is 86.0 Å². The molecule has 94 heavy (non-hydrogen) atoms. The number of carbonyl (C=O) groups is 7. The Labute approximate surface area is 539 Å². The molecule has 4 aromatic rings. The maximum Gasteiger partial charge on any atom is 0.413 e. The number of rotatable bonds is 18. The first-order valence-corrected chi connectivity index (χ1v) is 32.6. The molecule has 2 aromatic heterocycles. The summed E-state index contributed by atoms with van der Waals surface area (Å²) in [5, 5.41) is 27.0. The number of fused-ring (bicyclic) bond motifs is 8. The predicted molar refractivity (Wildman–Crippen MR) is 332 cm³/mol. The molecule has 8 fully saturated rings. The summed E-state index contributed by atoms with van der Waals surface area (Å²) >= 11 is 0. The number of anilines is 2. The Balaban J connectivity index is 0.598. The van der Waals surface area contributed by atoms with E-state index >= 15 is 8.78 Å². The highest BCUT2D eigenvalue weighted by molar-refractivity contribution is 6.02. The molecule has 0 spiro atoms. The molecule has 9 aliphatic rings. The number of nitrogens with zero attached hydrogens (tertiary/aromatic N) is 5. The Bertz CT molecular complexity index is 4010. The van der Waals surface area contributed by atoms with Crippen LogP contribution >= 0.6 is 0 Å². The Hall–Kier alpha value is -8.23. The second-order valence-electron chi connectivity index (χ2n) is 27.4. The normalized spacial score (nSPS) is 28.6. The zero-order chi connectivity index (χ0) is 66.4. The van der Waals surface area contributed by atoms with Gasteiger partial charge in [-0.1, -0.05) is 25.5 Å². The fourth-order valence-corrected chi connectivity index (χ4v) is 17.0. The van der Waals surface area contributed by atoms with Gasteiger partial charge in [0.1, 0.15) is 28.1 Å². The molecule has 6 aliphatic carbocycles. The van der Waals surface area contributed by atoms with E-state index in [-0.39, 0.29) is 113 Å². The number of hydrogen-bond acceptors (Lipinski definition) is 21. The summed E-state index contributed by atoms with van der Waals surface area (Å²) in [4.78, 5) is 126. The van der Waals surface area contributed by atoms with Gasteiger partial charge in [-0.25, -0.2) is 23.2 Å². The first-order chi connectivity index (χ1) is 45.0. The van der Waals surface area contributed by atoms with Crippen LogP contribution in [-0.2, 0) is 42.9 Å². The molecule has 13 rings (SSSR count). The second kappa shape index (κ2) is 24.8. The van der Waals surface area contributed by atoms with Crippen LogP contribution in [0.5, 0.6) is 11.5 Å². The summed E-state index contributed by atoms with van der Waals surface area (Å²) in [5.74, 6) is -6.29. The number of aromatic nitrogens is 2. The van der Waals surface area contributed by atoms with E-state index < -0.39 is 131 Å². The monoisotopic (exact) mass is 1300 g/mol. The van der Waals surface area contributed by atoms with E-state index in [0.717, 1.165) is 49.9 Å². The van der Waals surface area contributed by atoms with Gasteiger partial charge >= 0.3 is 30.0 Å². The van der Waals surface area contributed by atoms with Crippen molar-refractivity contribution in [1.82, 2.24) is 19.4 Å². The average Bonchev–Trinajstić information content (AvgIpc) is 1.53. The number of halogens is 2. The number of hydrogen-bond donors (Lipinski definition) is 3. The number of Topliss-reactive ketones (excluding diaryl/α,β-unsaturated/α-hetero) is 1. The molecule has 10 atom stereocenters. The van der Waals surface area contributed by atoms with Gasteiger partial charge < -0.3 is 72.5 Å². The molecule has 3 N–H and O–H groups in total. The molecule has 0 radical (unpaired) electrons. The number of aliphatic hydroxyl groups excluding tert-OH is 1. The highest BCUT2D eigenvalue weighted by Gasteiger charge is 2.68. The Kier molecular flexibility index (Phi) is 17.0. The summed E-state index contributed by atoms with van der Waals surface area (Å²) in [6.45, 7) is 5.14. The lowest BCUT2D eigenvalue weighted by atomic mass is 9.46. The van der Waals surface area contributed by atoms with Crippen LogP contribution in [0.25, 0.3) is 21.8 Å². The Morgan fingerprint density at radius 1 is 0.723 bits per heavy atom. The van der Waals surface area contributed by atoms with Gasteiger partial charge in [-0.2, -0.15) is 0 Å². The van der Waals surface area contributed by atoms with Crippen LogP contribution in [0.4, 0.5) is 25.0 Å². The fraction of sp³-hybridized carbons (Fsp3) is 0.574. The van der Waals surface area contributed by atoms with Gasteiger partial charge in [-0.3, -0.25) is 28.8 Å². The average molecular weight is 1310 g/mol. The molecular weight excluding hydrogens is 1230 g/mol. The summed E-state index contributed by atoms with van der Waals surface area (Å²) in [6, 6.07) is 1.37. The van der Waals surface area contributed by atoms with Crippen LogP contribution in [-0.4, -0.2) is 163 Å². The highest BCUT2D eigenvalue weighted by atomic mass is 19.1. The van der Waals surface area contributed by atoms with Crippen molar-refractivity contribution in [2.24, 2.45) is 34.5 Å². The predicted octanol–water partition coefficient (Wildman–Crippen LogP) is 6.49. The molecule has 1 unspecified atom stereocenters. The van der Waals surface area contributed by atoms with Gasteiger partial charge in [0.2, 0.25) is 30.2 Å². The number of methoxy groups -OCH3 is 2. The number of aliphatic hydroxyl groups is 2. The lowest BCUT2D eigenvalue weighted by molar-refractivity contribution is -0.181. The van der Waals surface area contributed by atoms with Gasteiger partial charge in [-0.15, -0.1) is 0 Å². The van der Waals surface area contributed by atoms with Crippen LogP contribution in [0, 0.1) is 46.1 Å². The minimum absolute atomic E-state index is 0.00255. The fourth-order valence-electron chi connectivity index (χ4n) is 17.0. The Morgan fingerprint density at radius 3 is 1.90 bits per heavy atom. The zero-order valence-corrected chi connectivity index (χ0v) is 53.2. The number of nitrogens with one attached hydrogen (secondary N) is 1. The van der Waals surface area contributed by atoms with Crippen molar-refractivity contribution in [1.29, 1.82) is 0 Å². The summed E-state index contributed by atoms with van der Waals surface area (Å²) in [5.41, 5.74) is -4.27. The molecule has 5 heterocycles. The van der Waals surface area contributed by atoms with E-state index in [1.807, 2.05) is 24.8 Å². The number of piperidine rings is 1. The number of esters is 4. The van der Waals surface area contributed by atoms with Crippen molar-refractivity contribution >= 4 is 74.7 Å².